The number of amides is 1. The van der Waals surface area contributed by atoms with E-state index in [9.17, 15) is 14.4 Å². The second-order valence-corrected chi connectivity index (χ2v) is 4.84. The van der Waals surface area contributed by atoms with Gasteiger partial charge in [0.25, 0.3) is 11.5 Å². The Morgan fingerprint density at radius 3 is 2.65 bits per heavy atom. The number of aromatic nitrogens is 3. The Kier molecular flexibility index (Phi) is 3.79. The van der Waals surface area contributed by atoms with Crippen molar-refractivity contribution in [2.75, 3.05) is 6.26 Å². The standard InChI is InChI=1S/C11H12N4O4S/c1-20-11-6(8(12)18)7-9(15-11)13-4(14-10(7)19)2-3-5(16)17/h2-3H2,1H3,(H2,12,18)(H,16,17)(H2,13,14,15,19). The maximum absolute atomic E-state index is 12.0. The Labute approximate surface area is 116 Å². The Morgan fingerprint density at radius 2 is 2.10 bits per heavy atom. The highest BCUT2D eigenvalue weighted by atomic mass is 32.2. The molecule has 9 heteroatoms. The van der Waals surface area contributed by atoms with E-state index >= 15 is 0 Å². The second-order valence-electron chi connectivity index (χ2n) is 4.03. The van der Waals surface area contributed by atoms with E-state index in [0.29, 0.717) is 5.03 Å². The van der Waals surface area contributed by atoms with Crippen LogP contribution in [0.2, 0.25) is 0 Å². The number of aryl methyl sites for hydroxylation is 1. The Morgan fingerprint density at radius 1 is 1.40 bits per heavy atom. The number of primary amides is 1. The lowest BCUT2D eigenvalue weighted by atomic mass is 10.2. The Hall–Kier alpha value is -2.29. The van der Waals surface area contributed by atoms with E-state index in [0.717, 1.165) is 0 Å². The number of aromatic amines is 2. The summed E-state index contributed by atoms with van der Waals surface area (Å²) in [6.07, 6.45) is 1.68. The summed E-state index contributed by atoms with van der Waals surface area (Å²) in [5.74, 6) is -1.46. The molecule has 106 valence electrons. The molecule has 0 aliphatic rings. The lowest BCUT2D eigenvalue weighted by molar-refractivity contribution is -0.137. The topological polar surface area (TPSA) is 142 Å². The quantitative estimate of drug-likeness (QED) is 0.576. The van der Waals surface area contributed by atoms with Crippen LogP contribution < -0.4 is 11.3 Å². The molecule has 0 atom stereocenters. The van der Waals surface area contributed by atoms with E-state index in [1.54, 1.807) is 6.26 Å². The van der Waals surface area contributed by atoms with Gasteiger partial charge in [-0.2, -0.15) is 0 Å². The van der Waals surface area contributed by atoms with Gasteiger partial charge >= 0.3 is 5.97 Å². The molecular formula is C11H12N4O4S. The number of carboxylic acid groups (broad SMARTS) is 1. The van der Waals surface area contributed by atoms with E-state index in [1.807, 2.05) is 0 Å². The molecule has 5 N–H and O–H groups in total. The van der Waals surface area contributed by atoms with Crippen molar-refractivity contribution in [1.29, 1.82) is 0 Å². The summed E-state index contributed by atoms with van der Waals surface area (Å²) in [6.45, 7) is 0. The lowest BCUT2D eigenvalue weighted by Gasteiger charge is -1.99. The molecule has 0 fully saturated rings. The number of carbonyl (C=O) groups is 2. The number of hydrogen-bond acceptors (Lipinski definition) is 5. The minimum atomic E-state index is -0.984. The maximum Gasteiger partial charge on any atom is 0.303 e. The van der Waals surface area contributed by atoms with Crippen molar-refractivity contribution in [1.82, 2.24) is 15.0 Å². The summed E-state index contributed by atoms with van der Waals surface area (Å²) in [4.78, 5) is 43.4. The van der Waals surface area contributed by atoms with E-state index in [-0.39, 0.29) is 35.3 Å². The summed E-state index contributed by atoms with van der Waals surface area (Å²) in [7, 11) is 0. The van der Waals surface area contributed by atoms with E-state index < -0.39 is 17.4 Å². The number of fused-ring (bicyclic) bond motifs is 1. The molecular weight excluding hydrogens is 284 g/mol. The third-order valence-corrected chi connectivity index (χ3v) is 3.42. The molecule has 0 bridgehead atoms. The van der Waals surface area contributed by atoms with E-state index in [2.05, 4.69) is 15.0 Å². The van der Waals surface area contributed by atoms with Crippen molar-refractivity contribution in [3.8, 4) is 0 Å². The molecule has 2 aromatic rings. The van der Waals surface area contributed by atoms with Gasteiger partial charge < -0.3 is 20.8 Å². The third-order valence-electron chi connectivity index (χ3n) is 2.70. The summed E-state index contributed by atoms with van der Waals surface area (Å²) in [5.41, 5.74) is 5.09. The number of aliphatic carboxylic acids is 1. The van der Waals surface area contributed by atoms with Gasteiger partial charge in [0, 0.05) is 6.42 Å². The van der Waals surface area contributed by atoms with Crippen LogP contribution in [0.25, 0.3) is 11.0 Å². The Bertz CT molecular complexity index is 749. The van der Waals surface area contributed by atoms with Crippen LogP contribution in [-0.4, -0.2) is 38.2 Å². The van der Waals surface area contributed by atoms with Gasteiger partial charge in [0.15, 0.2) is 0 Å². The maximum atomic E-state index is 12.0. The number of nitrogens with two attached hydrogens (primary N) is 1. The predicted molar refractivity (Wildman–Crippen MR) is 73.0 cm³/mol. The van der Waals surface area contributed by atoms with Gasteiger partial charge in [-0.1, -0.05) is 0 Å². The monoisotopic (exact) mass is 296 g/mol. The SMILES string of the molecule is CSc1[nH]c2nc(CCC(=O)O)[nH]c(=O)c2c1C(N)=O. The molecule has 2 heterocycles. The average molecular weight is 296 g/mol. The smallest absolute Gasteiger partial charge is 0.303 e. The average Bonchev–Trinajstić information content (AvgIpc) is 2.75. The molecule has 0 aromatic carbocycles. The normalized spacial score (nSPS) is 10.8. The summed E-state index contributed by atoms with van der Waals surface area (Å²) in [6, 6.07) is 0. The van der Waals surface area contributed by atoms with Crippen LogP contribution in [0.3, 0.4) is 0 Å². The van der Waals surface area contributed by atoms with Gasteiger partial charge in [-0.3, -0.25) is 14.4 Å². The van der Waals surface area contributed by atoms with Crippen molar-refractivity contribution in [2.45, 2.75) is 17.9 Å². The number of hydrogen-bond donors (Lipinski definition) is 4. The molecule has 2 aromatic heterocycles. The van der Waals surface area contributed by atoms with Crippen molar-refractivity contribution in [3.63, 3.8) is 0 Å². The fourth-order valence-electron chi connectivity index (χ4n) is 1.86. The molecule has 0 aliphatic carbocycles. The van der Waals surface area contributed by atoms with Gasteiger partial charge in [0.05, 0.1) is 22.4 Å². The summed E-state index contributed by atoms with van der Waals surface area (Å²) in [5, 5.41) is 9.18. The minimum Gasteiger partial charge on any atom is -0.481 e. The zero-order valence-electron chi connectivity index (χ0n) is 10.5. The van der Waals surface area contributed by atoms with Crippen molar-refractivity contribution in [2.24, 2.45) is 5.73 Å². The number of H-pyrrole nitrogens is 2. The number of carbonyl (C=O) groups excluding carboxylic acids is 1. The zero-order valence-corrected chi connectivity index (χ0v) is 11.3. The summed E-state index contributed by atoms with van der Waals surface area (Å²) < 4.78 is 0. The van der Waals surface area contributed by atoms with Crippen LogP contribution in [0.4, 0.5) is 0 Å². The van der Waals surface area contributed by atoms with Crippen molar-refractivity contribution < 1.29 is 14.7 Å². The number of rotatable bonds is 5. The van der Waals surface area contributed by atoms with Gasteiger partial charge in [-0.25, -0.2) is 4.98 Å². The van der Waals surface area contributed by atoms with Crippen LogP contribution in [0.1, 0.15) is 22.6 Å². The van der Waals surface area contributed by atoms with E-state index in [4.69, 9.17) is 10.8 Å². The molecule has 0 radical (unpaired) electrons. The highest BCUT2D eigenvalue weighted by Crippen LogP contribution is 2.24. The Balaban J connectivity index is 2.59. The van der Waals surface area contributed by atoms with Crippen LogP contribution in [0.5, 0.6) is 0 Å². The molecule has 0 unspecified atom stereocenters. The fourth-order valence-corrected chi connectivity index (χ4v) is 2.46. The first-order valence-electron chi connectivity index (χ1n) is 5.64. The van der Waals surface area contributed by atoms with E-state index in [1.165, 1.54) is 11.8 Å². The van der Waals surface area contributed by atoms with Gasteiger partial charge in [-0.05, 0) is 6.26 Å². The molecule has 0 spiro atoms. The minimum absolute atomic E-state index is 0.0973. The number of thioether (sulfide) groups is 1. The first-order valence-corrected chi connectivity index (χ1v) is 6.87. The molecule has 20 heavy (non-hydrogen) atoms. The fraction of sp³-hybridized carbons (Fsp3) is 0.273. The van der Waals surface area contributed by atoms with Crippen LogP contribution >= 0.6 is 11.8 Å². The van der Waals surface area contributed by atoms with Gasteiger partial charge in [0.1, 0.15) is 11.5 Å². The first kappa shape index (κ1) is 14.1. The molecule has 8 nitrogen and oxygen atoms in total. The predicted octanol–water partition coefficient (Wildman–Crippen LogP) is 0.0892. The summed E-state index contributed by atoms with van der Waals surface area (Å²) >= 11 is 1.24. The lowest BCUT2D eigenvalue weighted by Crippen LogP contribution is -2.17. The molecule has 1 amide bonds. The first-order chi connectivity index (χ1) is 9.43. The van der Waals surface area contributed by atoms with Crippen LogP contribution in [0, 0.1) is 0 Å². The molecule has 0 aliphatic heterocycles. The largest absolute Gasteiger partial charge is 0.481 e. The van der Waals surface area contributed by atoms with Gasteiger partial charge in [0.2, 0.25) is 0 Å². The van der Waals surface area contributed by atoms with Crippen LogP contribution in [0.15, 0.2) is 9.82 Å². The zero-order chi connectivity index (χ0) is 14.9. The number of carboxylic acids is 1. The second kappa shape index (κ2) is 5.37. The molecule has 2 rings (SSSR count). The molecule has 0 saturated heterocycles. The van der Waals surface area contributed by atoms with Crippen molar-refractivity contribution >= 4 is 34.7 Å². The third kappa shape index (κ3) is 2.52. The highest BCUT2D eigenvalue weighted by molar-refractivity contribution is 7.98. The molecule has 0 saturated carbocycles. The highest BCUT2D eigenvalue weighted by Gasteiger charge is 2.20. The van der Waals surface area contributed by atoms with Crippen LogP contribution in [-0.2, 0) is 11.2 Å². The number of nitrogens with one attached hydrogen (secondary N) is 2. The van der Waals surface area contributed by atoms with Crippen molar-refractivity contribution in [3.05, 3.63) is 21.7 Å². The number of nitrogens with zero attached hydrogens (tertiary/aromatic N) is 1. The van der Waals surface area contributed by atoms with Gasteiger partial charge in [-0.15, -0.1) is 11.8 Å².